The zero-order valence-electron chi connectivity index (χ0n) is 25.8. The molecule has 2 amide bonds. The largest absolute Gasteiger partial charge is 0.465 e. The molecule has 5 heterocycles. The van der Waals surface area contributed by atoms with Crippen molar-refractivity contribution in [2.75, 3.05) is 56.6 Å². The van der Waals surface area contributed by atoms with Crippen molar-refractivity contribution in [2.24, 2.45) is 5.92 Å². The molecule has 1 aromatic heterocycles. The molecule has 2 unspecified atom stereocenters. The van der Waals surface area contributed by atoms with E-state index in [-0.39, 0.29) is 29.5 Å². The average molecular weight is 654 g/mol. The van der Waals surface area contributed by atoms with Gasteiger partial charge < -0.3 is 30.3 Å². The lowest BCUT2D eigenvalue weighted by Gasteiger charge is -2.40. The summed E-state index contributed by atoms with van der Waals surface area (Å²) in [5, 5.41) is 9.13. The maximum absolute atomic E-state index is 13.8. The number of amides is 2. The van der Waals surface area contributed by atoms with Crippen LogP contribution in [0.5, 0.6) is 0 Å². The predicted octanol–water partition coefficient (Wildman–Crippen LogP) is 3.49. The quantitative estimate of drug-likeness (QED) is 0.287. The van der Waals surface area contributed by atoms with Gasteiger partial charge in [0.05, 0.1) is 42.0 Å². The highest BCUT2D eigenvalue weighted by Crippen LogP contribution is 2.39. The molecular formula is C32H37ClFN7O5. The number of aromatic nitrogens is 2. The Morgan fingerprint density at radius 1 is 1.20 bits per heavy atom. The Morgan fingerprint density at radius 2 is 1.96 bits per heavy atom. The molecule has 0 spiro atoms. The number of allylic oxidation sites excluding steroid dienone is 1. The molecule has 14 heteroatoms. The van der Waals surface area contributed by atoms with Crippen LogP contribution in [-0.4, -0.2) is 95.6 Å². The number of hydrogen-bond donors (Lipinski definition) is 3. The second-order valence-corrected chi connectivity index (χ2v) is 12.2. The number of carbonyl (C=O) groups is 3. The number of anilines is 3. The van der Waals surface area contributed by atoms with Crippen LogP contribution in [0.25, 0.3) is 5.57 Å². The number of ether oxygens (including phenoxy) is 2. The first-order valence-electron chi connectivity index (χ1n) is 15.6. The normalized spacial score (nSPS) is 22.9. The number of nitrogens with zero attached hydrogens (tertiary/aromatic N) is 4. The van der Waals surface area contributed by atoms with Gasteiger partial charge in [0.25, 0.3) is 5.91 Å². The van der Waals surface area contributed by atoms with E-state index in [9.17, 15) is 18.8 Å². The highest BCUT2D eigenvalue weighted by atomic mass is 35.5. The van der Waals surface area contributed by atoms with E-state index < -0.39 is 29.7 Å². The van der Waals surface area contributed by atoms with Crippen molar-refractivity contribution < 1.29 is 28.2 Å². The molecule has 6 rings (SSSR count). The van der Waals surface area contributed by atoms with Gasteiger partial charge in [-0.05, 0) is 56.5 Å². The van der Waals surface area contributed by atoms with Crippen molar-refractivity contribution >= 4 is 52.3 Å². The Hall–Kier alpha value is -4.07. The van der Waals surface area contributed by atoms with Crippen molar-refractivity contribution in [3.8, 4) is 0 Å². The lowest BCUT2D eigenvalue weighted by atomic mass is 9.92. The van der Waals surface area contributed by atoms with Gasteiger partial charge in [-0.25, -0.2) is 14.4 Å². The molecule has 0 aliphatic carbocycles. The topological polar surface area (TPSA) is 138 Å². The lowest BCUT2D eigenvalue weighted by Crippen LogP contribution is -2.51. The summed E-state index contributed by atoms with van der Waals surface area (Å²) in [6.07, 6.45) is 4.84. The van der Waals surface area contributed by atoms with Crippen molar-refractivity contribution in [1.29, 1.82) is 0 Å². The van der Waals surface area contributed by atoms with Gasteiger partial charge >= 0.3 is 5.97 Å². The number of halogens is 2. The summed E-state index contributed by atoms with van der Waals surface area (Å²) in [7, 11) is 0. The minimum Gasteiger partial charge on any atom is -0.465 e. The van der Waals surface area contributed by atoms with Crippen LogP contribution in [0.1, 0.15) is 38.7 Å². The van der Waals surface area contributed by atoms with E-state index in [2.05, 4.69) is 30.8 Å². The summed E-state index contributed by atoms with van der Waals surface area (Å²) in [6.45, 7) is 8.38. The van der Waals surface area contributed by atoms with E-state index in [1.807, 2.05) is 4.90 Å². The van der Waals surface area contributed by atoms with Crippen LogP contribution >= 0.6 is 11.6 Å². The van der Waals surface area contributed by atoms with Crippen LogP contribution in [0.2, 0.25) is 5.02 Å². The third-order valence-corrected chi connectivity index (χ3v) is 9.30. The highest BCUT2D eigenvalue weighted by molar-refractivity contribution is 6.33. The van der Waals surface area contributed by atoms with Crippen LogP contribution in [0.15, 0.2) is 41.9 Å². The molecule has 0 saturated carbocycles. The van der Waals surface area contributed by atoms with E-state index in [1.165, 1.54) is 24.5 Å². The molecule has 0 bridgehead atoms. The fraction of sp³-hybridized carbons (Fsp3) is 0.469. The van der Waals surface area contributed by atoms with Crippen LogP contribution < -0.4 is 16.0 Å². The number of piperidine rings is 1. The monoisotopic (exact) mass is 653 g/mol. The highest BCUT2D eigenvalue weighted by Gasteiger charge is 2.41. The number of benzene rings is 1. The van der Waals surface area contributed by atoms with Gasteiger partial charge in [0.1, 0.15) is 29.7 Å². The maximum Gasteiger partial charge on any atom is 0.315 e. The number of esters is 1. The molecule has 1 aromatic carbocycles. The van der Waals surface area contributed by atoms with Crippen molar-refractivity contribution in [3.05, 3.63) is 58.3 Å². The first-order valence-corrected chi connectivity index (χ1v) is 15.9. The fourth-order valence-corrected chi connectivity index (χ4v) is 6.80. The molecule has 12 nitrogen and oxygen atoms in total. The first-order chi connectivity index (χ1) is 22.2. The van der Waals surface area contributed by atoms with Gasteiger partial charge in [0.15, 0.2) is 0 Å². The maximum atomic E-state index is 13.8. The average Bonchev–Trinajstić information content (AvgIpc) is 3.54. The number of fused-ring (bicyclic) bond motifs is 1. The molecule has 2 aromatic rings. The Balaban J connectivity index is 1.21. The number of carbonyl (C=O) groups excluding carboxylic acids is 3. The van der Waals surface area contributed by atoms with Crippen molar-refractivity contribution in [3.63, 3.8) is 0 Å². The SMILES string of the molecule is CCOC(=O)C1C(C)=C(/C=C2\C(=O)Nc3ncnc(Nc4ccc(F)c(Cl)c4)c32)NC1CC(=O)N1CCC(N2CCOCC2)CC1. The lowest BCUT2D eigenvalue weighted by molar-refractivity contribution is -0.147. The molecule has 3 N–H and O–H groups in total. The number of hydrogen-bond acceptors (Lipinski definition) is 10. The van der Waals surface area contributed by atoms with Crippen LogP contribution in [-0.2, 0) is 23.9 Å². The predicted molar refractivity (Wildman–Crippen MR) is 170 cm³/mol. The number of morpholine rings is 1. The summed E-state index contributed by atoms with van der Waals surface area (Å²) in [4.78, 5) is 52.8. The summed E-state index contributed by atoms with van der Waals surface area (Å²) >= 11 is 5.97. The molecule has 2 saturated heterocycles. The first kappa shape index (κ1) is 31.9. The van der Waals surface area contributed by atoms with Gasteiger partial charge in [-0.2, -0.15) is 0 Å². The van der Waals surface area contributed by atoms with Crippen LogP contribution in [0.3, 0.4) is 0 Å². The van der Waals surface area contributed by atoms with Crippen molar-refractivity contribution in [2.45, 2.75) is 45.2 Å². The minimum atomic E-state index is -0.712. The second-order valence-electron chi connectivity index (χ2n) is 11.8. The van der Waals surface area contributed by atoms with Crippen LogP contribution in [0, 0.1) is 11.7 Å². The fourth-order valence-electron chi connectivity index (χ4n) is 6.62. The third-order valence-electron chi connectivity index (χ3n) is 9.01. The van der Waals surface area contributed by atoms with Crippen LogP contribution in [0.4, 0.5) is 21.7 Å². The van der Waals surface area contributed by atoms with Crippen molar-refractivity contribution in [1.82, 2.24) is 25.1 Å². The van der Waals surface area contributed by atoms with Gasteiger partial charge in [-0.15, -0.1) is 0 Å². The molecule has 0 radical (unpaired) electrons. The molecule has 46 heavy (non-hydrogen) atoms. The standard InChI is InChI=1S/C32H37ClFN7O5/c1-3-46-32(44)27-18(2)24(38-25(27)16-26(42)41-8-6-20(7-9-41)40-10-12-45-13-11-40)15-21-28-29(35-17-36-30(28)39-31(21)43)37-19-4-5-23(34)22(33)14-19/h4-5,14-15,17,20,25,27,38H,3,6-13,16H2,1-2H3,(H2,35,36,37,39,43)/b21-15-. The Kier molecular flexibility index (Phi) is 9.52. The van der Waals surface area contributed by atoms with Gasteiger partial charge in [0.2, 0.25) is 5.91 Å². The van der Waals surface area contributed by atoms with E-state index >= 15 is 0 Å². The van der Waals surface area contributed by atoms with Gasteiger partial charge in [-0.1, -0.05) is 11.6 Å². The number of likely N-dealkylation sites (tertiary alicyclic amines) is 1. The smallest absolute Gasteiger partial charge is 0.315 e. The molecular weight excluding hydrogens is 617 g/mol. The molecule has 244 valence electrons. The Bertz CT molecular complexity index is 1590. The van der Waals surface area contributed by atoms with Gasteiger partial charge in [0, 0.05) is 50.0 Å². The van der Waals surface area contributed by atoms with E-state index in [1.54, 1.807) is 19.9 Å². The molecule has 2 fully saturated rings. The Morgan fingerprint density at radius 3 is 2.67 bits per heavy atom. The third kappa shape index (κ3) is 6.58. The summed E-state index contributed by atoms with van der Waals surface area (Å²) in [5.41, 5.74) is 2.33. The van der Waals surface area contributed by atoms with E-state index in [0.717, 1.165) is 39.1 Å². The van der Waals surface area contributed by atoms with E-state index in [0.29, 0.717) is 53.3 Å². The molecule has 2 atom stereocenters. The van der Waals surface area contributed by atoms with E-state index in [4.69, 9.17) is 21.1 Å². The summed E-state index contributed by atoms with van der Waals surface area (Å²) < 4.78 is 24.6. The summed E-state index contributed by atoms with van der Waals surface area (Å²) in [5.74, 6) is -1.54. The van der Waals surface area contributed by atoms with Gasteiger partial charge in [-0.3, -0.25) is 19.3 Å². The second kappa shape index (κ2) is 13.7. The zero-order valence-corrected chi connectivity index (χ0v) is 26.5. The molecule has 4 aliphatic heterocycles. The summed E-state index contributed by atoms with van der Waals surface area (Å²) in [6, 6.07) is 4.04. The number of rotatable bonds is 8. The number of nitrogens with one attached hydrogen (secondary N) is 3. The Labute approximate surface area is 271 Å². The minimum absolute atomic E-state index is 0.0317. The zero-order chi connectivity index (χ0) is 32.4. The molecule has 4 aliphatic rings.